The van der Waals surface area contributed by atoms with Gasteiger partial charge in [0.1, 0.15) is 79.2 Å². The summed E-state index contributed by atoms with van der Waals surface area (Å²) in [6, 6.07) is -3.88. The lowest BCUT2D eigenvalue weighted by Crippen LogP contribution is -2.70. The molecule has 0 aromatic carbocycles. The molecule has 61 heavy (non-hydrogen) atoms. The molecular formula is C28H44N2O29S2. The zero-order chi connectivity index (χ0) is 46.0. The quantitative estimate of drug-likeness (QED) is 0.0639. The van der Waals surface area contributed by atoms with E-state index in [1.807, 2.05) is 0 Å². The Labute approximate surface area is 342 Å². The summed E-state index contributed by atoms with van der Waals surface area (Å²) in [6.07, 6.45) is -41.6. The SMILES string of the molecule is CC(=O)N[C@H]1[C@@H](O[C@H]2[C@H](O)[C@@H](O)C(O)O[C@@H]2C(=O)O)O[C@H](COS(=O)(=O)O)[C@@H](O[C@@H]2O[C@H](C(=O)O)[C@@H](O[C@H]3O[C@H](CO)[C@@H](O)[C@H](O)[C@H]3NC(C)=O)[C@H](O)[C@H]2OS(=O)(=O)O)[C@@H]1O. The zero-order valence-corrected chi connectivity index (χ0v) is 32.7. The number of carbonyl (C=O) groups is 4. The van der Waals surface area contributed by atoms with E-state index in [1.54, 1.807) is 0 Å². The Bertz CT molecular complexity index is 1790. The number of aliphatic hydroxyl groups excluding tert-OH is 8. The molecule has 4 fully saturated rings. The van der Waals surface area contributed by atoms with Crippen molar-refractivity contribution in [2.45, 2.75) is 137 Å². The topological polar surface area (TPSA) is 486 Å². The van der Waals surface area contributed by atoms with Crippen LogP contribution in [0.3, 0.4) is 0 Å². The summed E-state index contributed by atoms with van der Waals surface area (Å²) in [6.45, 7) is -0.697. The van der Waals surface area contributed by atoms with E-state index in [-0.39, 0.29) is 0 Å². The number of rotatable bonds is 16. The minimum atomic E-state index is -5.76. The molecule has 0 saturated carbocycles. The van der Waals surface area contributed by atoms with Crippen LogP contribution in [0.1, 0.15) is 13.8 Å². The van der Waals surface area contributed by atoms with Gasteiger partial charge in [0.15, 0.2) is 43.5 Å². The van der Waals surface area contributed by atoms with Gasteiger partial charge in [0.2, 0.25) is 11.8 Å². The number of carboxylic acid groups (broad SMARTS) is 2. The minimum absolute atomic E-state index is 0.842. The number of carboxylic acids is 2. The highest BCUT2D eigenvalue weighted by Crippen LogP contribution is 2.36. The van der Waals surface area contributed by atoms with Crippen molar-refractivity contribution in [2.24, 2.45) is 0 Å². The molecule has 0 spiro atoms. The number of amides is 2. The highest BCUT2D eigenvalue weighted by Gasteiger charge is 2.58. The lowest BCUT2D eigenvalue weighted by atomic mass is 9.94. The van der Waals surface area contributed by atoms with Crippen molar-refractivity contribution in [1.29, 1.82) is 0 Å². The number of hydrogen-bond acceptors (Lipinski definition) is 25. The second-order valence-corrected chi connectivity index (χ2v) is 15.9. The van der Waals surface area contributed by atoms with E-state index < -0.39 is 180 Å². The Morgan fingerprint density at radius 1 is 0.557 bits per heavy atom. The summed E-state index contributed by atoms with van der Waals surface area (Å²) in [5.41, 5.74) is 0. The van der Waals surface area contributed by atoms with Crippen molar-refractivity contribution in [1.82, 2.24) is 10.6 Å². The van der Waals surface area contributed by atoms with Gasteiger partial charge in [-0.05, 0) is 0 Å². The van der Waals surface area contributed by atoms with Crippen molar-refractivity contribution in [3.05, 3.63) is 0 Å². The average Bonchev–Trinajstić information content (AvgIpc) is 3.13. The normalized spacial score (nSPS) is 42.3. The fourth-order valence-electron chi connectivity index (χ4n) is 6.66. The number of aliphatic carboxylic acids is 2. The molecule has 33 heteroatoms. The summed E-state index contributed by atoms with van der Waals surface area (Å²) in [5, 5.41) is 108. The molecular weight excluding hydrogens is 892 g/mol. The maximum atomic E-state index is 12.6. The Hall–Kier alpha value is -2.98. The second-order valence-electron chi connectivity index (χ2n) is 13.7. The van der Waals surface area contributed by atoms with Crippen molar-refractivity contribution in [3.8, 4) is 0 Å². The molecule has 0 aromatic heterocycles. The van der Waals surface area contributed by atoms with Crippen molar-refractivity contribution in [2.75, 3.05) is 13.2 Å². The Morgan fingerprint density at radius 2 is 1.03 bits per heavy atom. The number of hydrogen-bond donors (Lipinski definition) is 14. The van der Waals surface area contributed by atoms with E-state index >= 15 is 0 Å². The molecule has 1 unspecified atom stereocenters. The molecule has 14 N–H and O–H groups in total. The van der Waals surface area contributed by atoms with Crippen LogP contribution in [-0.4, -0.2) is 237 Å². The third-order valence-electron chi connectivity index (χ3n) is 9.35. The predicted octanol–water partition coefficient (Wildman–Crippen LogP) is -9.62. The monoisotopic (exact) mass is 936 g/mol. The number of aliphatic hydroxyl groups is 8. The van der Waals surface area contributed by atoms with E-state index in [0.29, 0.717) is 0 Å². The van der Waals surface area contributed by atoms with E-state index in [4.69, 9.17) is 33.2 Å². The molecule has 352 valence electrons. The number of nitrogens with one attached hydrogen (secondary N) is 2. The van der Waals surface area contributed by atoms with Crippen molar-refractivity contribution < 1.29 is 138 Å². The summed E-state index contributed by atoms with van der Waals surface area (Å²) >= 11 is 0. The first-order valence-electron chi connectivity index (χ1n) is 17.4. The van der Waals surface area contributed by atoms with Gasteiger partial charge in [0, 0.05) is 13.8 Å². The molecule has 20 atom stereocenters. The smallest absolute Gasteiger partial charge is 0.397 e. The van der Waals surface area contributed by atoms with Gasteiger partial charge in [-0.25, -0.2) is 18.0 Å². The molecule has 4 aliphatic heterocycles. The van der Waals surface area contributed by atoms with Crippen LogP contribution in [0, 0.1) is 0 Å². The van der Waals surface area contributed by atoms with Gasteiger partial charge in [0.25, 0.3) is 0 Å². The fraction of sp³-hybridized carbons (Fsp3) is 0.857. The van der Waals surface area contributed by atoms with E-state index in [2.05, 4.69) is 19.0 Å². The summed E-state index contributed by atoms with van der Waals surface area (Å²) in [5.74, 6) is -5.91. The van der Waals surface area contributed by atoms with Gasteiger partial charge in [-0.3, -0.25) is 18.7 Å². The van der Waals surface area contributed by atoms with Crippen LogP contribution < -0.4 is 10.6 Å². The van der Waals surface area contributed by atoms with Crippen molar-refractivity contribution in [3.63, 3.8) is 0 Å². The van der Waals surface area contributed by atoms with Crippen LogP contribution in [0.15, 0.2) is 0 Å². The summed E-state index contributed by atoms with van der Waals surface area (Å²) < 4.78 is 113. The highest BCUT2D eigenvalue weighted by molar-refractivity contribution is 7.81. The molecule has 4 saturated heterocycles. The minimum Gasteiger partial charge on any atom is -0.479 e. The van der Waals surface area contributed by atoms with Gasteiger partial charge in [-0.1, -0.05) is 0 Å². The van der Waals surface area contributed by atoms with Crippen LogP contribution in [-0.2, 0) is 81.5 Å². The number of carbonyl (C=O) groups excluding carboxylic acids is 2. The fourth-order valence-corrected chi connectivity index (χ4v) is 7.45. The summed E-state index contributed by atoms with van der Waals surface area (Å²) in [7, 11) is -11.2. The molecule has 4 rings (SSSR count). The van der Waals surface area contributed by atoms with Crippen LogP contribution in [0.5, 0.6) is 0 Å². The Morgan fingerprint density at radius 3 is 1.51 bits per heavy atom. The lowest BCUT2D eigenvalue weighted by molar-refractivity contribution is -0.368. The first-order chi connectivity index (χ1) is 28.1. The third kappa shape index (κ3) is 12.4. The van der Waals surface area contributed by atoms with Crippen LogP contribution in [0.4, 0.5) is 0 Å². The molecule has 31 nitrogen and oxygen atoms in total. The first kappa shape index (κ1) is 50.7. The molecule has 0 radical (unpaired) electrons. The average molecular weight is 937 g/mol. The van der Waals surface area contributed by atoms with Crippen molar-refractivity contribution >= 4 is 44.6 Å². The highest BCUT2D eigenvalue weighted by atomic mass is 32.3. The maximum absolute atomic E-state index is 12.6. The molecule has 0 aliphatic carbocycles. The zero-order valence-electron chi connectivity index (χ0n) is 31.1. The summed E-state index contributed by atoms with van der Waals surface area (Å²) in [4.78, 5) is 48.8. The third-order valence-corrected chi connectivity index (χ3v) is 10.3. The standard InChI is InChI=1S/C28H44N2O29S2/c1-5(32)29-9-12(35)11(34)7(3-31)52-26(9)57-19-16(39)20(59-61(48,49)50)28(58-22(19)24(42)43)55-17-8(4-51-60(45,46)47)53-27(10(13(17)36)30-6(2)33)56-18-14(37)15(38)25(44)54-21(18)23(40)41/h7-22,25-28,31,34-39,44H,3-4H2,1-2H3,(H,29,32)(H,30,33)(H,40,41)(H,42,43)(H,45,46,47)(H,48,49,50)/t7-,8-,9-,10-,11-,12-,13-,14-,15-,16+,17-,18+,19+,20-,21+,22+,25?,26-,27-,28-/m1/s1. The molecule has 4 aliphatic rings. The van der Waals surface area contributed by atoms with Crippen LogP contribution in [0.25, 0.3) is 0 Å². The second kappa shape index (κ2) is 20.2. The van der Waals surface area contributed by atoms with Gasteiger partial charge in [-0.15, -0.1) is 0 Å². The first-order valence-corrected chi connectivity index (χ1v) is 20.1. The van der Waals surface area contributed by atoms with Gasteiger partial charge in [0.05, 0.1) is 13.2 Å². The molecule has 2 amide bonds. The van der Waals surface area contributed by atoms with Gasteiger partial charge >= 0.3 is 32.7 Å². The Kier molecular flexibility index (Phi) is 16.8. The maximum Gasteiger partial charge on any atom is 0.397 e. The van der Waals surface area contributed by atoms with E-state index in [0.717, 1.165) is 13.8 Å². The van der Waals surface area contributed by atoms with E-state index in [9.17, 15) is 96.2 Å². The lowest BCUT2D eigenvalue weighted by Gasteiger charge is -2.49. The largest absolute Gasteiger partial charge is 0.479 e. The van der Waals surface area contributed by atoms with Gasteiger partial charge in [-0.2, -0.15) is 16.8 Å². The molecule has 0 bridgehead atoms. The van der Waals surface area contributed by atoms with Crippen LogP contribution in [0.2, 0.25) is 0 Å². The van der Waals surface area contributed by atoms with Gasteiger partial charge < -0.3 is 94.9 Å². The van der Waals surface area contributed by atoms with E-state index in [1.165, 1.54) is 0 Å². The van der Waals surface area contributed by atoms with Crippen LogP contribution >= 0.6 is 0 Å². The molecule has 4 heterocycles. The molecule has 0 aromatic rings. The Balaban J connectivity index is 1.75. The number of ether oxygens (including phenoxy) is 7. The predicted molar refractivity (Wildman–Crippen MR) is 179 cm³/mol.